The number of aliphatic imine (C=N–C) groups is 1. The smallest absolute Gasteiger partial charge is 0.246 e. The Kier molecular flexibility index (Phi) is 6.65. The fourth-order valence-electron chi connectivity index (χ4n) is 1.38. The van der Waals surface area contributed by atoms with E-state index in [9.17, 15) is 4.79 Å². The number of benzene rings is 1. The molecule has 1 aromatic carbocycles. The average Bonchev–Trinajstić information content (AvgIpc) is 2.45. The van der Waals surface area contributed by atoms with E-state index in [-0.39, 0.29) is 18.4 Å². The first-order valence-electron chi connectivity index (χ1n) is 6.05. The van der Waals surface area contributed by atoms with Crippen LogP contribution in [0.4, 0.5) is 5.69 Å². The predicted molar refractivity (Wildman–Crippen MR) is 79.4 cm³/mol. The molecule has 4 N–H and O–H groups in total. The van der Waals surface area contributed by atoms with Gasteiger partial charge in [0.1, 0.15) is 6.54 Å². The number of carbonyl (C=O) groups excluding carboxylic acids is 1. The third-order valence-electron chi connectivity index (χ3n) is 2.32. The van der Waals surface area contributed by atoms with E-state index >= 15 is 0 Å². The van der Waals surface area contributed by atoms with Crippen LogP contribution in [0.1, 0.15) is 5.56 Å². The molecule has 0 spiro atoms. The van der Waals surface area contributed by atoms with Crippen molar-refractivity contribution in [1.29, 1.82) is 0 Å². The fourth-order valence-corrected chi connectivity index (χ4v) is 1.38. The van der Waals surface area contributed by atoms with Gasteiger partial charge in [-0.2, -0.15) is 0 Å². The van der Waals surface area contributed by atoms with Crippen LogP contribution in [0.2, 0.25) is 0 Å². The maximum atomic E-state index is 11.7. The average molecular weight is 274 g/mol. The molecule has 0 aliphatic carbocycles. The van der Waals surface area contributed by atoms with Crippen LogP contribution in [0.25, 0.3) is 0 Å². The molecule has 0 atom stereocenters. The highest BCUT2D eigenvalue weighted by Gasteiger charge is 2.02. The quantitative estimate of drug-likeness (QED) is 0.298. The van der Waals surface area contributed by atoms with Crippen molar-refractivity contribution in [3.8, 4) is 12.3 Å². The summed E-state index contributed by atoms with van der Waals surface area (Å²) in [5, 5.41) is 5.51. The zero-order valence-corrected chi connectivity index (χ0v) is 11.3. The van der Waals surface area contributed by atoms with Gasteiger partial charge in [0.2, 0.25) is 5.91 Å². The van der Waals surface area contributed by atoms with E-state index in [1.807, 2.05) is 0 Å². The second-order valence-electron chi connectivity index (χ2n) is 3.89. The largest absolute Gasteiger partial charge is 0.383 e. The van der Waals surface area contributed by atoms with Gasteiger partial charge in [-0.25, -0.2) is 4.99 Å². The number of hydrogen-bond acceptors (Lipinski definition) is 3. The maximum absolute atomic E-state index is 11.7. The lowest BCUT2D eigenvalue weighted by molar-refractivity contribution is -0.114. The molecule has 1 aromatic rings. The van der Waals surface area contributed by atoms with Crippen LogP contribution in [0, 0.1) is 12.3 Å². The van der Waals surface area contributed by atoms with Gasteiger partial charge in [0.05, 0.1) is 6.61 Å². The highest BCUT2D eigenvalue weighted by atomic mass is 16.5. The Labute approximate surface area is 118 Å². The second kappa shape index (κ2) is 8.56. The normalized spacial score (nSPS) is 10.7. The van der Waals surface area contributed by atoms with Crippen molar-refractivity contribution in [2.75, 3.05) is 32.1 Å². The lowest BCUT2D eigenvalue weighted by Gasteiger charge is -2.06. The molecule has 6 nitrogen and oxygen atoms in total. The molecule has 0 heterocycles. The van der Waals surface area contributed by atoms with E-state index in [0.717, 1.165) is 0 Å². The number of nitrogens with two attached hydrogens (primary N) is 1. The lowest BCUT2D eigenvalue weighted by atomic mass is 10.2. The van der Waals surface area contributed by atoms with E-state index in [1.165, 1.54) is 0 Å². The molecule has 0 fully saturated rings. The highest BCUT2D eigenvalue weighted by molar-refractivity contribution is 5.94. The summed E-state index contributed by atoms with van der Waals surface area (Å²) in [6, 6.07) is 7.02. The van der Waals surface area contributed by atoms with E-state index in [4.69, 9.17) is 16.9 Å². The number of nitrogens with zero attached hydrogens (tertiary/aromatic N) is 1. The number of methoxy groups -OCH3 is 1. The number of rotatable bonds is 6. The SMILES string of the molecule is C#Cc1cccc(NC(=O)CN=C(N)NCCOC)c1. The zero-order valence-electron chi connectivity index (χ0n) is 11.3. The number of guanidine groups is 1. The van der Waals surface area contributed by atoms with Gasteiger partial charge in [0.25, 0.3) is 0 Å². The highest BCUT2D eigenvalue weighted by Crippen LogP contribution is 2.09. The van der Waals surface area contributed by atoms with Crippen LogP contribution in [-0.2, 0) is 9.53 Å². The number of ether oxygens (including phenoxy) is 1. The minimum atomic E-state index is -0.268. The Bertz CT molecular complexity index is 520. The first-order chi connectivity index (χ1) is 9.65. The van der Waals surface area contributed by atoms with Gasteiger partial charge >= 0.3 is 0 Å². The van der Waals surface area contributed by atoms with Gasteiger partial charge in [-0.3, -0.25) is 4.79 Å². The second-order valence-corrected chi connectivity index (χ2v) is 3.89. The summed E-state index contributed by atoms with van der Waals surface area (Å²) in [4.78, 5) is 15.6. The summed E-state index contributed by atoms with van der Waals surface area (Å²) >= 11 is 0. The molecule has 20 heavy (non-hydrogen) atoms. The third kappa shape index (κ3) is 5.89. The van der Waals surface area contributed by atoms with Crippen molar-refractivity contribution in [2.24, 2.45) is 10.7 Å². The zero-order chi connectivity index (χ0) is 14.8. The van der Waals surface area contributed by atoms with Crippen molar-refractivity contribution in [1.82, 2.24) is 5.32 Å². The molecule has 1 amide bonds. The molecule has 0 bridgehead atoms. The summed E-state index contributed by atoms with van der Waals surface area (Å²) < 4.78 is 4.85. The van der Waals surface area contributed by atoms with Gasteiger partial charge in [-0.05, 0) is 18.2 Å². The molecule has 0 radical (unpaired) electrons. The molecule has 6 heteroatoms. The number of carbonyl (C=O) groups is 1. The van der Waals surface area contributed by atoms with Crippen LogP contribution in [-0.4, -0.2) is 38.7 Å². The Morgan fingerprint density at radius 2 is 2.35 bits per heavy atom. The molecule has 0 aliphatic rings. The Hall–Kier alpha value is -2.52. The molecular formula is C14H18N4O2. The minimum absolute atomic E-state index is 0.0634. The first kappa shape index (κ1) is 15.5. The number of nitrogens with one attached hydrogen (secondary N) is 2. The summed E-state index contributed by atoms with van der Waals surface area (Å²) in [5.41, 5.74) is 6.91. The fraction of sp³-hybridized carbons (Fsp3) is 0.286. The number of hydrogen-bond donors (Lipinski definition) is 3. The molecular weight excluding hydrogens is 256 g/mol. The number of amides is 1. The summed E-state index contributed by atoms with van der Waals surface area (Å²) in [7, 11) is 1.59. The topological polar surface area (TPSA) is 88.7 Å². The Morgan fingerprint density at radius 1 is 1.55 bits per heavy atom. The molecule has 0 aliphatic heterocycles. The summed E-state index contributed by atoms with van der Waals surface area (Å²) in [6.45, 7) is 0.991. The van der Waals surface area contributed by atoms with Crippen molar-refractivity contribution >= 4 is 17.6 Å². The predicted octanol–water partition coefficient (Wildman–Crippen LogP) is 0.157. The van der Waals surface area contributed by atoms with Crippen molar-refractivity contribution < 1.29 is 9.53 Å². The number of terminal acetylenes is 1. The molecule has 0 aromatic heterocycles. The van der Waals surface area contributed by atoms with Gasteiger partial charge < -0.3 is 21.1 Å². The minimum Gasteiger partial charge on any atom is -0.383 e. The number of anilines is 1. The van der Waals surface area contributed by atoms with Gasteiger partial charge in [0, 0.05) is 24.9 Å². The van der Waals surface area contributed by atoms with Crippen molar-refractivity contribution in [3.63, 3.8) is 0 Å². The summed E-state index contributed by atoms with van der Waals surface area (Å²) in [5.74, 6) is 2.43. The third-order valence-corrected chi connectivity index (χ3v) is 2.32. The van der Waals surface area contributed by atoms with Crippen LogP contribution >= 0.6 is 0 Å². The Morgan fingerprint density at radius 3 is 3.05 bits per heavy atom. The first-order valence-corrected chi connectivity index (χ1v) is 6.05. The van der Waals surface area contributed by atoms with Crippen molar-refractivity contribution in [3.05, 3.63) is 29.8 Å². The lowest BCUT2D eigenvalue weighted by Crippen LogP contribution is -2.35. The van der Waals surface area contributed by atoms with Crippen LogP contribution in [0.15, 0.2) is 29.3 Å². The van der Waals surface area contributed by atoms with Gasteiger partial charge in [-0.15, -0.1) is 6.42 Å². The monoisotopic (exact) mass is 274 g/mol. The van der Waals surface area contributed by atoms with E-state index < -0.39 is 0 Å². The van der Waals surface area contributed by atoms with Crippen LogP contribution in [0.3, 0.4) is 0 Å². The summed E-state index contributed by atoms with van der Waals surface area (Å²) in [6.07, 6.45) is 5.29. The maximum Gasteiger partial charge on any atom is 0.246 e. The van der Waals surface area contributed by atoms with Crippen LogP contribution in [0.5, 0.6) is 0 Å². The van der Waals surface area contributed by atoms with Crippen molar-refractivity contribution in [2.45, 2.75) is 0 Å². The molecule has 0 saturated carbocycles. The molecule has 0 unspecified atom stereocenters. The Balaban J connectivity index is 2.43. The molecule has 0 saturated heterocycles. The van der Waals surface area contributed by atoms with Crippen LogP contribution < -0.4 is 16.4 Å². The van der Waals surface area contributed by atoms with E-state index in [2.05, 4.69) is 21.5 Å². The standard InChI is InChI=1S/C14H18N4O2/c1-3-11-5-4-6-12(9-11)18-13(19)10-17-14(15)16-7-8-20-2/h1,4-6,9H,7-8,10H2,2H3,(H,18,19)(H3,15,16,17). The van der Waals surface area contributed by atoms with E-state index in [0.29, 0.717) is 24.4 Å². The van der Waals surface area contributed by atoms with Gasteiger partial charge in [-0.1, -0.05) is 12.0 Å². The molecule has 106 valence electrons. The molecule has 1 rings (SSSR count). The van der Waals surface area contributed by atoms with E-state index in [1.54, 1.807) is 31.4 Å². The van der Waals surface area contributed by atoms with Gasteiger partial charge in [0.15, 0.2) is 5.96 Å².